The highest BCUT2D eigenvalue weighted by atomic mass is 19.4. The SMILES string of the molecule is Cn1c(=O)n(C)c2cc(N3CC(C(=O)O)C(=O)N(Cc4cc(F)cc(C(F)(F)F)c4)C3=O)ccc21. The van der Waals surface area contributed by atoms with Gasteiger partial charge in [0.05, 0.1) is 23.1 Å². The van der Waals surface area contributed by atoms with Crippen LogP contribution in [0.2, 0.25) is 0 Å². The Balaban J connectivity index is 1.76. The highest BCUT2D eigenvalue weighted by Gasteiger charge is 2.44. The molecule has 9 nitrogen and oxygen atoms in total. The molecule has 1 N–H and O–H groups in total. The molecule has 2 heterocycles. The molecule has 184 valence electrons. The van der Waals surface area contributed by atoms with Crippen molar-refractivity contribution in [1.29, 1.82) is 0 Å². The maximum atomic E-state index is 13.9. The molecule has 0 saturated carbocycles. The molecule has 0 radical (unpaired) electrons. The van der Waals surface area contributed by atoms with Crippen molar-refractivity contribution in [2.45, 2.75) is 12.7 Å². The van der Waals surface area contributed by atoms with Crippen molar-refractivity contribution in [1.82, 2.24) is 14.0 Å². The Labute approximate surface area is 194 Å². The highest BCUT2D eigenvalue weighted by molar-refractivity contribution is 6.12. The molecule has 35 heavy (non-hydrogen) atoms. The average Bonchev–Trinajstić information content (AvgIpc) is 2.99. The lowest BCUT2D eigenvalue weighted by atomic mass is 10.0. The monoisotopic (exact) mass is 494 g/mol. The zero-order valence-electron chi connectivity index (χ0n) is 18.3. The molecule has 1 fully saturated rings. The summed E-state index contributed by atoms with van der Waals surface area (Å²) in [7, 11) is 3.05. The number of imidazole rings is 1. The van der Waals surface area contributed by atoms with Gasteiger partial charge in [-0.25, -0.2) is 14.0 Å². The minimum atomic E-state index is -4.87. The number of carbonyl (C=O) groups excluding carboxylic acids is 2. The van der Waals surface area contributed by atoms with Crippen molar-refractivity contribution < 1.29 is 37.1 Å². The van der Waals surface area contributed by atoms with Crippen LogP contribution in [-0.2, 0) is 36.4 Å². The lowest BCUT2D eigenvalue weighted by Crippen LogP contribution is -2.58. The Morgan fingerprint density at radius 3 is 2.31 bits per heavy atom. The molecule has 1 unspecified atom stereocenters. The van der Waals surface area contributed by atoms with Crippen LogP contribution in [0.3, 0.4) is 0 Å². The predicted molar refractivity (Wildman–Crippen MR) is 114 cm³/mol. The number of carbonyl (C=O) groups is 3. The minimum absolute atomic E-state index is 0.169. The van der Waals surface area contributed by atoms with E-state index < -0.39 is 54.5 Å². The van der Waals surface area contributed by atoms with Gasteiger partial charge in [-0.1, -0.05) is 0 Å². The Morgan fingerprint density at radius 1 is 1.03 bits per heavy atom. The lowest BCUT2D eigenvalue weighted by molar-refractivity contribution is -0.150. The van der Waals surface area contributed by atoms with Crippen LogP contribution in [0.25, 0.3) is 11.0 Å². The van der Waals surface area contributed by atoms with E-state index in [2.05, 4.69) is 0 Å². The number of anilines is 1. The van der Waals surface area contributed by atoms with Gasteiger partial charge in [0.15, 0.2) is 5.92 Å². The number of carboxylic acids is 1. The number of carboxylic acid groups (broad SMARTS) is 1. The molecule has 1 aliphatic heterocycles. The third-order valence-electron chi connectivity index (χ3n) is 5.88. The van der Waals surface area contributed by atoms with Crippen LogP contribution in [0.1, 0.15) is 11.1 Å². The number of halogens is 4. The second-order valence-corrected chi connectivity index (χ2v) is 8.13. The molecular weight excluding hydrogens is 476 g/mol. The van der Waals surface area contributed by atoms with E-state index in [0.29, 0.717) is 22.0 Å². The number of rotatable bonds is 4. The number of urea groups is 1. The van der Waals surface area contributed by atoms with Crippen molar-refractivity contribution in [3.63, 3.8) is 0 Å². The lowest BCUT2D eigenvalue weighted by Gasteiger charge is -2.37. The van der Waals surface area contributed by atoms with Crippen molar-refractivity contribution in [3.8, 4) is 0 Å². The van der Waals surface area contributed by atoms with E-state index in [0.717, 1.165) is 11.0 Å². The first-order valence-corrected chi connectivity index (χ1v) is 10.2. The maximum Gasteiger partial charge on any atom is 0.416 e. The summed E-state index contributed by atoms with van der Waals surface area (Å²) in [4.78, 5) is 51.4. The Morgan fingerprint density at radius 2 is 1.69 bits per heavy atom. The maximum absolute atomic E-state index is 13.9. The second-order valence-electron chi connectivity index (χ2n) is 8.13. The molecule has 0 spiro atoms. The Bertz CT molecular complexity index is 1440. The number of benzene rings is 2. The molecule has 0 aliphatic carbocycles. The van der Waals surface area contributed by atoms with E-state index in [1.54, 1.807) is 7.05 Å². The summed E-state index contributed by atoms with van der Waals surface area (Å²) in [6.07, 6.45) is -4.87. The molecule has 1 saturated heterocycles. The molecular formula is C22H18F4N4O5. The Kier molecular flexibility index (Phi) is 5.65. The Hall–Kier alpha value is -4.16. The molecule has 1 aromatic heterocycles. The van der Waals surface area contributed by atoms with Gasteiger partial charge >= 0.3 is 23.9 Å². The van der Waals surface area contributed by atoms with Crippen LogP contribution in [0, 0.1) is 11.7 Å². The van der Waals surface area contributed by atoms with E-state index in [-0.39, 0.29) is 23.0 Å². The van der Waals surface area contributed by atoms with Gasteiger partial charge in [0.1, 0.15) is 5.82 Å². The van der Waals surface area contributed by atoms with E-state index in [1.165, 1.54) is 34.4 Å². The van der Waals surface area contributed by atoms with Gasteiger partial charge in [-0.2, -0.15) is 13.2 Å². The number of aliphatic carboxylic acids is 1. The standard InChI is InChI=1S/C22H18F4N4O5/c1-27-16-4-3-14(8-17(16)28(2)20(27)34)29-10-15(19(32)33)18(31)30(21(29)35)9-11-5-12(22(24,25)26)7-13(23)6-11/h3-8,15H,9-10H2,1-2H3,(H,32,33). The minimum Gasteiger partial charge on any atom is -0.481 e. The van der Waals surface area contributed by atoms with Crippen LogP contribution in [-0.4, -0.2) is 43.6 Å². The van der Waals surface area contributed by atoms with Crippen molar-refractivity contribution in [2.24, 2.45) is 20.0 Å². The molecule has 1 aliphatic rings. The van der Waals surface area contributed by atoms with Crippen molar-refractivity contribution in [3.05, 3.63) is 63.8 Å². The first-order valence-electron chi connectivity index (χ1n) is 10.2. The molecule has 4 rings (SSSR count). The summed E-state index contributed by atoms with van der Waals surface area (Å²) in [6.45, 7) is -1.31. The normalized spacial score (nSPS) is 16.9. The number of imide groups is 1. The topological polar surface area (TPSA) is 105 Å². The predicted octanol–water partition coefficient (Wildman–Crippen LogP) is 2.70. The summed E-state index contributed by atoms with van der Waals surface area (Å²) in [5, 5.41) is 9.55. The van der Waals surface area contributed by atoms with E-state index >= 15 is 0 Å². The molecule has 0 bridgehead atoms. The number of alkyl halides is 3. The van der Waals surface area contributed by atoms with Crippen LogP contribution in [0.5, 0.6) is 0 Å². The summed E-state index contributed by atoms with van der Waals surface area (Å²) in [5.41, 5.74) is -0.861. The molecule has 13 heteroatoms. The van der Waals surface area contributed by atoms with Crippen LogP contribution in [0.4, 0.5) is 28.0 Å². The van der Waals surface area contributed by atoms with Crippen LogP contribution >= 0.6 is 0 Å². The van der Waals surface area contributed by atoms with Crippen LogP contribution < -0.4 is 10.6 Å². The quantitative estimate of drug-likeness (QED) is 0.444. The van der Waals surface area contributed by atoms with Crippen molar-refractivity contribution in [2.75, 3.05) is 11.4 Å². The zero-order valence-corrected chi connectivity index (χ0v) is 18.3. The van der Waals surface area contributed by atoms with Gasteiger partial charge in [-0.15, -0.1) is 0 Å². The van der Waals surface area contributed by atoms with Gasteiger partial charge < -0.3 is 5.11 Å². The first-order chi connectivity index (χ1) is 16.3. The fourth-order valence-corrected chi connectivity index (χ4v) is 4.06. The van der Waals surface area contributed by atoms with Crippen LogP contribution in [0.15, 0.2) is 41.2 Å². The molecule has 3 aromatic rings. The fraction of sp³-hybridized carbons (Fsp3) is 0.273. The summed E-state index contributed by atoms with van der Waals surface area (Å²) < 4.78 is 55.8. The second kappa shape index (κ2) is 8.25. The number of fused-ring (bicyclic) bond motifs is 1. The van der Waals surface area contributed by atoms with Crippen molar-refractivity contribution >= 4 is 34.6 Å². The van der Waals surface area contributed by atoms with Gasteiger partial charge in [0.25, 0.3) is 0 Å². The third kappa shape index (κ3) is 4.13. The number of aryl methyl sites for hydroxylation is 2. The van der Waals surface area contributed by atoms with E-state index in [9.17, 15) is 41.8 Å². The van der Waals surface area contributed by atoms with Gasteiger partial charge in [-0.05, 0) is 42.0 Å². The third-order valence-corrected chi connectivity index (χ3v) is 5.88. The number of amides is 3. The number of hydrogen-bond acceptors (Lipinski definition) is 4. The largest absolute Gasteiger partial charge is 0.481 e. The van der Waals surface area contributed by atoms with E-state index in [1.807, 2.05) is 0 Å². The number of nitrogens with zero attached hydrogens (tertiary/aromatic N) is 4. The molecule has 3 amide bonds. The zero-order chi connectivity index (χ0) is 25.8. The smallest absolute Gasteiger partial charge is 0.416 e. The summed E-state index contributed by atoms with van der Waals surface area (Å²) in [5.74, 6) is -5.61. The van der Waals surface area contributed by atoms with E-state index in [4.69, 9.17) is 0 Å². The average molecular weight is 494 g/mol. The fourth-order valence-electron chi connectivity index (χ4n) is 4.06. The summed E-state index contributed by atoms with van der Waals surface area (Å²) in [6, 6.07) is 5.06. The van der Waals surface area contributed by atoms with Gasteiger partial charge in [-0.3, -0.25) is 28.5 Å². The molecule has 1 atom stereocenters. The van der Waals surface area contributed by atoms with Gasteiger partial charge in [0, 0.05) is 26.3 Å². The number of aromatic nitrogens is 2. The summed E-state index contributed by atoms with van der Waals surface area (Å²) >= 11 is 0. The first kappa shape index (κ1) is 24.0. The highest BCUT2D eigenvalue weighted by Crippen LogP contribution is 2.32. The molecule has 2 aromatic carbocycles. The number of hydrogen-bond donors (Lipinski definition) is 1. The van der Waals surface area contributed by atoms with Gasteiger partial charge in [0.2, 0.25) is 5.91 Å².